The van der Waals surface area contributed by atoms with Crippen LogP contribution in [-0.2, 0) is 20.7 Å². The molecule has 318 valence electrons. The average molecular weight is 804 g/mol. The van der Waals surface area contributed by atoms with Gasteiger partial charge >= 0.3 is 0 Å². The molecule has 2 amide bonds. The molecule has 5 unspecified atom stereocenters. The summed E-state index contributed by atoms with van der Waals surface area (Å²) in [6.45, 7) is 35.0. The van der Waals surface area contributed by atoms with E-state index >= 15 is 0 Å². The van der Waals surface area contributed by atoms with E-state index in [4.69, 9.17) is 9.47 Å². The zero-order valence-corrected chi connectivity index (χ0v) is 39.2. The Kier molecular flexibility index (Phi) is 16.3. The van der Waals surface area contributed by atoms with E-state index in [1.165, 1.54) is 46.4 Å². The highest BCUT2D eigenvalue weighted by atomic mass is 31.1. The molecule has 1 aliphatic carbocycles. The molecule has 0 bridgehead atoms. The van der Waals surface area contributed by atoms with Gasteiger partial charge < -0.3 is 24.2 Å². The van der Waals surface area contributed by atoms with Gasteiger partial charge in [0.05, 0.1) is 17.7 Å². The van der Waals surface area contributed by atoms with Crippen molar-refractivity contribution >= 4 is 19.7 Å². The maximum absolute atomic E-state index is 12.6. The van der Waals surface area contributed by atoms with E-state index in [1.807, 2.05) is 12.0 Å². The molecule has 57 heavy (non-hydrogen) atoms. The van der Waals surface area contributed by atoms with Gasteiger partial charge in [-0.3, -0.25) is 9.59 Å². The normalized spacial score (nSPS) is 25.1. The summed E-state index contributed by atoms with van der Waals surface area (Å²) in [5, 5.41) is 0. The van der Waals surface area contributed by atoms with Crippen LogP contribution in [0.5, 0.6) is 5.75 Å². The zero-order chi connectivity index (χ0) is 42.4. The van der Waals surface area contributed by atoms with Crippen molar-refractivity contribution in [1.82, 2.24) is 14.7 Å². The van der Waals surface area contributed by atoms with Crippen LogP contribution in [0.2, 0.25) is 0 Å². The Labute approximate surface area is 349 Å². The van der Waals surface area contributed by atoms with Crippen molar-refractivity contribution in [2.45, 2.75) is 150 Å². The number of hydrogen-bond donors (Lipinski definition) is 0. The first-order chi connectivity index (χ1) is 26.7. The van der Waals surface area contributed by atoms with E-state index in [0.29, 0.717) is 24.8 Å². The Morgan fingerprint density at radius 2 is 1.54 bits per heavy atom. The van der Waals surface area contributed by atoms with Gasteiger partial charge in [-0.2, -0.15) is 0 Å². The Morgan fingerprint density at radius 3 is 2.04 bits per heavy atom. The lowest BCUT2D eigenvalue weighted by Gasteiger charge is -2.50. The van der Waals surface area contributed by atoms with Crippen LogP contribution in [0.3, 0.4) is 0 Å². The van der Waals surface area contributed by atoms with Crippen molar-refractivity contribution in [3.63, 3.8) is 0 Å². The SMILES string of the molecule is C=C1CCCN1C1c2cc(C)ccc2OC(C)(C)C1CN(C(C)=O)C(C)C.CCCC(C)C.COC1(C)Cc2ccc(C)cc2C(N2CCCC2=O)C1CP(C)C. The standard InChI is InChI=1S/C23H34N2O2.C20H30NO2P.C6H14/c1-15(2)25(18(5)26)14-20-22(24-12-8-9-17(24)4)19-13-16(3)10-11-21(19)27-23(20,6)7;1-14-8-9-15-12-20(2,23-3)17(13-24(4)5)19(16(15)11-14)21-10-6-7-18(21)22;1-4-5-6(2)3/h10-11,13,15,20,22H,4,8-9,12,14H2,1-3,5-7H3;8-9,11,17,19H,6-7,10,12-13H2,1-5H3;6H,4-5H2,1-3H3. The van der Waals surface area contributed by atoms with E-state index in [-0.39, 0.29) is 49.1 Å². The number of rotatable bonds is 10. The smallest absolute Gasteiger partial charge is 0.223 e. The fraction of sp³-hybridized carbons (Fsp3) is 0.673. The lowest BCUT2D eigenvalue weighted by molar-refractivity contribution is -0.135. The van der Waals surface area contributed by atoms with E-state index in [0.717, 1.165) is 56.6 Å². The zero-order valence-electron chi connectivity index (χ0n) is 38.3. The molecule has 3 heterocycles. The van der Waals surface area contributed by atoms with Crippen LogP contribution in [0.25, 0.3) is 0 Å². The summed E-state index contributed by atoms with van der Waals surface area (Å²) in [6.07, 6.45) is 8.66. The van der Waals surface area contributed by atoms with Gasteiger partial charge in [0, 0.05) is 75.6 Å². The van der Waals surface area contributed by atoms with Crippen molar-refractivity contribution in [2.24, 2.45) is 17.8 Å². The Balaban J connectivity index is 0.000000222. The third-order valence-corrected chi connectivity index (χ3v) is 13.9. The van der Waals surface area contributed by atoms with E-state index in [9.17, 15) is 9.59 Å². The van der Waals surface area contributed by atoms with Gasteiger partial charge in [0.2, 0.25) is 11.8 Å². The fourth-order valence-corrected chi connectivity index (χ4v) is 11.1. The van der Waals surface area contributed by atoms with Gasteiger partial charge in [0.15, 0.2) is 0 Å². The van der Waals surface area contributed by atoms with E-state index in [1.54, 1.807) is 6.92 Å². The van der Waals surface area contributed by atoms with Crippen molar-refractivity contribution < 1.29 is 19.1 Å². The van der Waals surface area contributed by atoms with Gasteiger partial charge in [-0.1, -0.05) is 81.7 Å². The molecule has 7 nitrogen and oxygen atoms in total. The molecule has 8 heteroatoms. The molecule has 2 saturated heterocycles. The predicted octanol–water partition coefficient (Wildman–Crippen LogP) is 11.1. The number of aryl methyl sites for hydroxylation is 2. The molecule has 0 saturated carbocycles. The molecular formula is C49H78N3O4P. The predicted molar refractivity (Wildman–Crippen MR) is 241 cm³/mol. The van der Waals surface area contributed by atoms with Gasteiger partial charge in [0.1, 0.15) is 11.4 Å². The summed E-state index contributed by atoms with van der Waals surface area (Å²) >= 11 is 0. The van der Waals surface area contributed by atoms with E-state index in [2.05, 4.69) is 135 Å². The second kappa shape index (κ2) is 19.9. The number of amides is 2. The highest BCUT2D eigenvalue weighted by Gasteiger charge is 2.50. The minimum Gasteiger partial charge on any atom is -0.487 e. The number of ether oxygens (including phenoxy) is 2. The Bertz CT molecular complexity index is 1690. The topological polar surface area (TPSA) is 62.3 Å². The first-order valence-electron chi connectivity index (χ1n) is 21.8. The molecular weight excluding hydrogens is 726 g/mol. The minimum atomic E-state index is -0.377. The molecule has 3 aliphatic heterocycles. The molecule has 2 aromatic rings. The molecule has 5 atom stereocenters. The number of carbonyl (C=O) groups excluding carboxylic acids is 2. The summed E-state index contributed by atoms with van der Waals surface area (Å²) < 4.78 is 12.6. The molecule has 0 N–H and O–H groups in total. The number of nitrogens with zero attached hydrogens (tertiary/aromatic N) is 3. The lowest BCUT2D eigenvalue weighted by Crippen LogP contribution is -2.54. The molecule has 2 aromatic carbocycles. The number of likely N-dealkylation sites (tertiary alicyclic amines) is 2. The summed E-state index contributed by atoms with van der Waals surface area (Å²) in [4.78, 5) is 31.5. The third kappa shape index (κ3) is 11.2. The van der Waals surface area contributed by atoms with Gasteiger partial charge in [0.25, 0.3) is 0 Å². The highest BCUT2D eigenvalue weighted by Crippen LogP contribution is 2.51. The van der Waals surface area contributed by atoms with Gasteiger partial charge in [-0.25, -0.2) is 0 Å². The summed E-state index contributed by atoms with van der Waals surface area (Å²) in [5.74, 6) is 2.82. The average Bonchev–Trinajstić information content (AvgIpc) is 3.75. The molecule has 0 spiro atoms. The molecule has 2 fully saturated rings. The maximum Gasteiger partial charge on any atom is 0.223 e. The quantitative estimate of drug-likeness (QED) is 0.224. The molecule has 0 aromatic heterocycles. The van der Waals surface area contributed by atoms with Crippen LogP contribution < -0.4 is 4.74 Å². The second-order valence-electron chi connectivity index (χ2n) is 19.0. The molecule has 0 radical (unpaired) electrons. The number of carbonyl (C=O) groups is 2. The monoisotopic (exact) mass is 804 g/mol. The first-order valence-corrected chi connectivity index (χ1v) is 24.3. The van der Waals surface area contributed by atoms with Crippen LogP contribution in [0, 0.1) is 31.6 Å². The van der Waals surface area contributed by atoms with Crippen molar-refractivity contribution in [3.05, 3.63) is 76.5 Å². The first kappa shape index (κ1) is 46.8. The molecule has 4 aliphatic rings. The maximum atomic E-state index is 12.6. The van der Waals surface area contributed by atoms with Crippen LogP contribution in [-0.4, -0.2) is 90.0 Å². The number of hydrogen-bond acceptors (Lipinski definition) is 5. The Morgan fingerprint density at radius 1 is 0.947 bits per heavy atom. The highest BCUT2D eigenvalue weighted by molar-refractivity contribution is 7.56. The second-order valence-corrected chi connectivity index (χ2v) is 21.5. The number of allylic oxidation sites excluding steroid dienone is 1. The number of benzene rings is 2. The number of methoxy groups -OCH3 is 1. The summed E-state index contributed by atoms with van der Waals surface area (Å²) in [6, 6.07) is 13.7. The third-order valence-electron chi connectivity index (χ3n) is 12.8. The van der Waals surface area contributed by atoms with Gasteiger partial charge in [-0.05, 0) is 110 Å². The van der Waals surface area contributed by atoms with Crippen LogP contribution in [0.4, 0.5) is 0 Å². The van der Waals surface area contributed by atoms with Crippen LogP contribution >= 0.6 is 7.92 Å². The Hall–Kier alpha value is -2.89. The molecule has 6 rings (SSSR count). The summed E-state index contributed by atoms with van der Waals surface area (Å²) in [5.41, 5.74) is 7.08. The van der Waals surface area contributed by atoms with E-state index < -0.39 is 0 Å². The van der Waals surface area contributed by atoms with Crippen molar-refractivity contribution in [2.75, 3.05) is 46.2 Å². The van der Waals surface area contributed by atoms with Crippen molar-refractivity contribution in [1.29, 1.82) is 0 Å². The minimum absolute atomic E-state index is 0.0577. The van der Waals surface area contributed by atoms with Crippen molar-refractivity contribution in [3.8, 4) is 5.75 Å². The lowest BCUT2D eigenvalue weighted by atomic mass is 9.70. The van der Waals surface area contributed by atoms with Gasteiger partial charge in [-0.15, -0.1) is 7.92 Å². The summed E-state index contributed by atoms with van der Waals surface area (Å²) in [7, 11) is 1.78. The largest absolute Gasteiger partial charge is 0.487 e. The number of fused-ring (bicyclic) bond motifs is 2. The van der Waals surface area contributed by atoms with Crippen LogP contribution in [0.15, 0.2) is 48.7 Å². The fourth-order valence-electron chi connectivity index (χ4n) is 9.70. The van der Waals surface area contributed by atoms with Crippen LogP contribution in [0.1, 0.15) is 141 Å².